The normalized spacial score (nSPS) is 10.5. The Hall–Kier alpha value is -3.09. The van der Waals surface area contributed by atoms with Crippen molar-refractivity contribution in [2.45, 2.75) is 13.2 Å². The zero-order chi connectivity index (χ0) is 22.4. The Balaban J connectivity index is 1.70. The highest BCUT2D eigenvalue weighted by Crippen LogP contribution is 2.31. The number of rotatable bonds is 9. The first-order chi connectivity index (χ1) is 14.9. The molecule has 6 nitrogen and oxygen atoms in total. The zero-order valence-corrected chi connectivity index (χ0v) is 18.5. The quantitative estimate of drug-likeness (QED) is 0.412. The average Bonchev–Trinajstić information content (AvgIpc) is 2.78. The molecule has 0 heterocycles. The number of methoxy groups -OCH3 is 2. The first-order valence-corrected chi connectivity index (χ1v) is 10.1. The summed E-state index contributed by atoms with van der Waals surface area (Å²) in [6, 6.07) is 15.5. The number of benzene rings is 3. The summed E-state index contributed by atoms with van der Waals surface area (Å²) >= 11 is 12.0. The number of aromatic carboxylic acids is 1. The van der Waals surface area contributed by atoms with Gasteiger partial charge in [-0.3, -0.25) is 0 Å². The fourth-order valence-electron chi connectivity index (χ4n) is 2.91. The summed E-state index contributed by atoms with van der Waals surface area (Å²) in [5.74, 6) is 0.711. The highest BCUT2D eigenvalue weighted by atomic mass is 35.5. The van der Waals surface area contributed by atoms with Crippen molar-refractivity contribution < 1.29 is 24.1 Å². The van der Waals surface area contributed by atoms with E-state index in [1.165, 1.54) is 19.2 Å². The van der Waals surface area contributed by atoms with Gasteiger partial charge in [0.2, 0.25) is 0 Å². The van der Waals surface area contributed by atoms with Crippen molar-refractivity contribution in [1.82, 2.24) is 0 Å². The highest BCUT2D eigenvalue weighted by Gasteiger charge is 2.11. The van der Waals surface area contributed by atoms with Gasteiger partial charge in [0.15, 0.2) is 11.5 Å². The number of halogens is 2. The summed E-state index contributed by atoms with van der Waals surface area (Å²) in [5.41, 5.74) is 2.56. The Kier molecular flexibility index (Phi) is 7.50. The lowest BCUT2D eigenvalue weighted by atomic mass is 10.1. The molecule has 0 radical (unpaired) electrons. The molecule has 0 atom stereocenters. The fourth-order valence-corrected chi connectivity index (χ4v) is 3.23. The Labute approximate surface area is 190 Å². The van der Waals surface area contributed by atoms with Gasteiger partial charge in [0.05, 0.1) is 35.5 Å². The Morgan fingerprint density at radius 3 is 2.26 bits per heavy atom. The van der Waals surface area contributed by atoms with E-state index in [0.29, 0.717) is 46.1 Å². The lowest BCUT2D eigenvalue weighted by Crippen LogP contribution is -2.05. The van der Waals surface area contributed by atoms with E-state index in [0.717, 1.165) is 11.1 Å². The van der Waals surface area contributed by atoms with Gasteiger partial charge in [-0.05, 0) is 53.6 Å². The first-order valence-electron chi connectivity index (χ1n) is 9.30. The third kappa shape index (κ3) is 5.75. The topological polar surface area (TPSA) is 77.0 Å². The van der Waals surface area contributed by atoms with E-state index in [1.54, 1.807) is 25.3 Å². The Bertz CT molecular complexity index is 1090. The molecule has 0 unspecified atom stereocenters. The average molecular weight is 462 g/mol. The molecule has 0 spiro atoms. The molecule has 0 aliphatic heterocycles. The van der Waals surface area contributed by atoms with Crippen molar-refractivity contribution in [1.29, 1.82) is 0 Å². The van der Waals surface area contributed by atoms with Crippen molar-refractivity contribution in [2.24, 2.45) is 0 Å². The number of carbonyl (C=O) groups is 1. The van der Waals surface area contributed by atoms with Crippen LogP contribution in [0.5, 0.6) is 17.2 Å². The van der Waals surface area contributed by atoms with Crippen LogP contribution in [0.3, 0.4) is 0 Å². The monoisotopic (exact) mass is 461 g/mol. The predicted molar refractivity (Wildman–Crippen MR) is 121 cm³/mol. The van der Waals surface area contributed by atoms with E-state index >= 15 is 0 Å². The van der Waals surface area contributed by atoms with Crippen LogP contribution in [0.1, 0.15) is 21.5 Å². The second-order valence-electron chi connectivity index (χ2n) is 6.60. The number of nitrogens with one attached hydrogen (secondary N) is 1. The van der Waals surface area contributed by atoms with Crippen LogP contribution >= 0.6 is 23.2 Å². The van der Waals surface area contributed by atoms with Crippen LogP contribution in [0.25, 0.3) is 0 Å². The molecule has 0 bridgehead atoms. The molecule has 0 fully saturated rings. The van der Waals surface area contributed by atoms with Crippen LogP contribution in [0.2, 0.25) is 10.0 Å². The molecule has 31 heavy (non-hydrogen) atoms. The molecular weight excluding hydrogens is 441 g/mol. The van der Waals surface area contributed by atoms with E-state index in [-0.39, 0.29) is 5.56 Å². The molecule has 3 rings (SSSR count). The van der Waals surface area contributed by atoms with Crippen LogP contribution in [0.4, 0.5) is 5.69 Å². The number of hydrogen-bond donors (Lipinski definition) is 2. The SMILES string of the molecule is COc1ccc(C(=O)O)cc1NCc1ccc(OCc2ccc(Cl)c(Cl)c2)c(OC)c1. The summed E-state index contributed by atoms with van der Waals surface area (Å²) in [7, 11) is 3.10. The summed E-state index contributed by atoms with van der Waals surface area (Å²) in [4.78, 5) is 11.2. The largest absolute Gasteiger partial charge is 0.495 e. The van der Waals surface area contributed by atoms with Crippen molar-refractivity contribution in [3.63, 3.8) is 0 Å². The minimum Gasteiger partial charge on any atom is -0.495 e. The van der Waals surface area contributed by atoms with E-state index in [2.05, 4.69) is 5.32 Å². The minimum atomic E-state index is -1.00. The molecule has 0 aromatic heterocycles. The highest BCUT2D eigenvalue weighted by molar-refractivity contribution is 6.42. The van der Waals surface area contributed by atoms with Crippen LogP contribution < -0.4 is 19.5 Å². The van der Waals surface area contributed by atoms with E-state index < -0.39 is 5.97 Å². The molecule has 0 amide bonds. The molecule has 162 valence electrons. The van der Waals surface area contributed by atoms with Gasteiger partial charge in [-0.25, -0.2) is 4.79 Å². The van der Waals surface area contributed by atoms with Crippen LogP contribution in [0.15, 0.2) is 54.6 Å². The lowest BCUT2D eigenvalue weighted by molar-refractivity contribution is 0.0697. The second kappa shape index (κ2) is 10.3. The van der Waals surface area contributed by atoms with Gasteiger partial charge >= 0.3 is 5.97 Å². The minimum absolute atomic E-state index is 0.173. The van der Waals surface area contributed by atoms with Gasteiger partial charge in [-0.1, -0.05) is 35.3 Å². The third-order valence-electron chi connectivity index (χ3n) is 4.54. The van der Waals surface area contributed by atoms with Crippen molar-refractivity contribution in [3.8, 4) is 17.2 Å². The lowest BCUT2D eigenvalue weighted by Gasteiger charge is -2.15. The van der Waals surface area contributed by atoms with E-state index in [1.807, 2.05) is 24.3 Å². The maximum atomic E-state index is 11.2. The standard InChI is InChI=1S/C23H21Cl2NO5/c1-29-20-8-5-16(23(27)28)11-19(20)26-12-14-4-7-21(22(10-14)30-2)31-13-15-3-6-17(24)18(25)9-15/h3-11,26H,12-13H2,1-2H3,(H,27,28). The smallest absolute Gasteiger partial charge is 0.335 e. The van der Waals surface area contributed by atoms with E-state index in [9.17, 15) is 9.90 Å². The van der Waals surface area contributed by atoms with Gasteiger partial charge in [-0.2, -0.15) is 0 Å². The molecule has 0 saturated heterocycles. The van der Waals surface area contributed by atoms with Gasteiger partial charge in [0.1, 0.15) is 12.4 Å². The fraction of sp³-hybridized carbons (Fsp3) is 0.174. The molecule has 2 N–H and O–H groups in total. The molecule has 0 saturated carbocycles. The molecule has 3 aromatic rings. The maximum absolute atomic E-state index is 11.2. The number of anilines is 1. The van der Waals surface area contributed by atoms with Crippen LogP contribution in [-0.4, -0.2) is 25.3 Å². The molecule has 3 aromatic carbocycles. The van der Waals surface area contributed by atoms with Gasteiger partial charge < -0.3 is 24.6 Å². The summed E-state index contributed by atoms with van der Waals surface area (Å²) < 4.78 is 16.6. The second-order valence-corrected chi connectivity index (χ2v) is 7.41. The van der Waals surface area contributed by atoms with Crippen molar-refractivity contribution in [2.75, 3.05) is 19.5 Å². The van der Waals surface area contributed by atoms with Gasteiger partial charge in [0, 0.05) is 6.54 Å². The molecule has 8 heteroatoms. The summed E-state index contributed by atoms with van der Waals surface area (Å²) in [6.07, 6.45) is 0. The summed E-state index contributed by atoms with van der Waals surface area (Å²) in [6.45, 7) is 0.743. The van der Waals surface area contributed by atoms with Gasteiger partial charge in [0.25, 0.3) is 0 Å². The first kappa shape index (κ1) is 22.6. The molecular formula is C23H21Cl2NO5. The van der Waals surface area contributed by atoms with Crippen LogP contribution in [0, 0.1) is 0 Å². The number of ether oxygens (including phenoxy) is 3. The molecule has 0 aliphatic rings. The number of carboxylic acids is 1. The van der Waals surface area contributed by atoms with E-state index in [4.69, 9.17) is 37.4 Å². The Morgan fingerprint density at radius 2 is 1.58 bits per heavy atom. The summed E-state index contributed by atoms with van der Waals surface area (Å²) in [5, 5.41) is 13.4. The van der Waals surface area contributed by atoms with Gasteiger partial charge in [-0.15, -0.1) is 0 Å². The maximum Gasteiger partial charge on any atom is 0.335 e. The number of hydrogen-bond acceptors (Lipinski definition) is 5. The van der Waals surface area contributed by atoms with Crippen LogP contribution in [-0.2, 0) is 13.2 Å². The van der Waals surface area contributed by atoms with Crippen molar-refractivity contribution in [3.05, 3.63) is 81.3 Å². The predicted octanol–water partition coefficient (Wildman–Crippen LogP) is 5.90. The Morgan fingerprint density at radius 1 is 0.871 bits per heavy atom. The van der Waals surface area contributed by atoms with Crippen molar-refractivity contribution >= 4 is 34.9 Å². The third-order valence-corrected chi connectivity index (χ3v) is 5.27. The number of carboxylic acid groups (broad SMARTS) is 1. The molecule has 0 aliphatic carbocycles. The zero-order valence-electron chi connectivity index (χ0n) is 16.9.